The van der Waals surface area contributed by atoms with E-state index in [1.807, 2.05) is 42.5 Å². The van der Waals surface area contributed by atoms with E-state index in [1.54, 1.807) is 0 Å². The van der Waals surface area contributed by atoms with Gasteiger partial charge in [-0.3, -0.25) is 0 Å². The van der Waals surface area contributed by atoms with Gasteiger partial charge in [-0.15, -0.1) is 0 Å². The molecule has 0 aliphatic rings. The molecule has 0 N–H and O–H groups in total. The van der Waals surface area contributed by atoms with E-state index >= 15 is 0 Å². The maximum absolute atomic E-state index is 12.2. The highest BCUT2D eigenvalue weighted by molar-refractivity contribution is 5.90. The van der Waals surface area contributed by atoms with Crippen molar-refractivity contribution in [1.29, 1.82) is 0 Å². The van der Waals surface area contributed by atoms with E-state index < -0.39 is 0 Å². The standard InChI is InChI=1S/C27H38O2/c1-2-3-4-5-6-7-8-9-10-11-12-16-23-29-27(28)26-21-19-25(20-22-26)24-17-14-13-15-18-24/h13-15,17-22H,2-12,16,23H2,1H3. The van der Waals surface area contributed by atoms with Crippen molar-refractivity contribution in [2.45, 2.75) is 84.0 Å². The number of carbonyl (C=O) groups is 1. The van der Waals surface area contributed by atoms with Crippen molar-refractivity contribution in [3.8, 4) is 11.1 Å². The van der Waals surface area contributed by atoms with Gasteiger partial charge in [0.1, 0.15) is 0 Å². The Labute approximate surface area is 177 Å². The van der Waals surface area contributed by atoms with Gasteiger partial charge in [0.25, 0.3) is 0 Å². The van der Waals surface area contributed by atoms with E-state index in [0.717, 1.165) is 24.0 Å². The first-order valence-corrected chi connectivity index (χ1v) is 11.6. The summed E-state index contributed by atoms with van der Waals surface area (Å²) >= 11 is 0. The molecule has 0 radical (unpaired) electrons. The van der Waals surface area contributed by atoms with Crippen LogP contribution < -0.4 is 0 Å². The molecule has 0 fully saturated rings. The zero-order valence-corrected chi connectivity index (χ0v) is 18.2. The Balaban J connectivity index is 1.49. The smallest absolute Gasteiger partial charge is 0.338 e. The fourth-order valence-electron chi connectivity index (χ4n) is 3.62. The molecule has 0 saturated carbocycles. The van der Waals surface area contributed by atoms with E-state index in [9.17, 15) is 4.79 Å². The Kier molecular flexibility index (Phi) is 11.9. The molecule has 0 atom stereocenters. The summed E-state index contributed by atoms with van der Waals surface area (Å²) in [6.07, 6.45) is 15.7. The van der Waals surface area contributed by atoms with Crippen LogP contribution in [0.15, 0.2) is 54.6 Å². The van der Waals surface area contributed by atoms with Gasteiger partial charge < -0.3 is 4.74 Å². The van der Waals surface area contributed by atoms with Crippen LogP contribution in [0.2, 0.25) is 0 Å². The third-order valence-electron chi connectivity index (χ3n) is 5.46. The molecular weight excluding hydrogens is 356 g/mol. The number of esters is 1. The Morgan fingerprint density at radius 1 is 0.621 bits per heavy atom. The van der Waals surface area contributed by atoms with Crippen LogP contribution in [-0.2, 0) is 4.74 Å². The lowest BCUT2D eigenvalue weighted by Crippen LogP contribution is -2.06. The minimum absolute atomic E-state index is 0.215. The molecule has 0 unspecified atom stereocenters. The first kappa shape index (κ1) is 23.2. The fraction of sp³-hybridized carbons (Fsp3) is 0.519. The van der Waals surface area contributed by atoms with E-state index in [-0.39, 0.29) is 5.97 Å². The average molecular weight is 395 g/mol. The Hall–Kier alpha value is -2.09. The number of rotatable bonds is 15. The molecule has 29 heavy (non-hydrogen) atoms. The molecule has 0 aromatic heterocycles. The number of hydrogen-bond acceptors (Lipinski definition) is 2. The third kappa shape index (κ3) is 9.78. The Morgan fingerprint density at radius 3 is 1.66 bits per heavy atom. The van der Waals surface area contributed by atoms with Crippen LogP contribution in [0.25, 0.3) is 11.1 Å². The lowest BCUT2D eigenvalue weighted by Gasteiger charge is -2.06. The van der Waals surface area contributed by atoms with Crippen LogP contribution in [0.1, 0.15) is 94.3 Å². The highest BCUT2D eigenvalue weighted by Gasteiger charge is 2.07. The predicted octanol–water partition coefficient (Wildman–Crippen LogP) is 8.21. The monoisotopic (exact) mass is 394 g/mol. The normalized spacial score (nSPS) is 10.8. The zero-order chi connectivity index (χ0) is 20.6. The molecular formula is C27H38O2. The van der Waals surface area contributed by atoms with Crippen molar-refractivity contribution in [2.24, 2.45) is 0 Å². The second-order valence-corrected chi connectivity index (χ2v) is 7.97. The molecule has 2 rings (SSSR count). The van der Waals surface area contributed by atoms with Crippen LogP contribution in [0.5, 0.6) is 0 Å². The van der Waals surface area contributed by atoms with E-state index in [0.29, 0.717) is 12.2 Å². The van der Waals surface area contributed by atoms with Crippen molar-refractivity contribution in [3.05, 3.63) is 60.2 Å². The summed E-state index contributed by atoms with van der Waals surface area (Å²) in [7, 11) is 0. The van der Waals surface area contributed by atoms with Gasteiger partial charge in [0.2, 0.25) is 0 Å². The maximum Gasteiger partial charge on any atom is 0.338 e. The topological polar surface area (TPSA) is 26.3 Å². The lowest BCUT2D eigenvalue weighted by molar-refractivity contribution is 0.0497. The summed E-state index contributed by atoms with van der Waals surface area (Å²) in [6, 6.07) is 17.9. The average Bonchev–Trinajstić information content (AvgIpc) is 2.77. The summed E-state index contributed by atoms with van der Waals surface area (Å²) in [6.45, 7) is 2.79. The maximum atomic E-state index is 12.2. The van der Waals surface area contributed by atoms with Crippen molar-refractivity contribution in [3.63, 3.8) is 0 Å². The number of benzene rings is 2. The van der Waals surface area contributed by atoms with E-state index in [2.05, 4.69) is 19.1 Å². The van der Waals surface area contributed by atoms with Crippen LogP contribution in [0.3, 0.4) is 0 Å². The van der Waals surface area contributed by atoms with Crippen molar-refractivity contribution < 1.29 is 9.53 Å². The van der Waals surface area contributed by atoms with Gasteiger partial charge >= 0.3 is 5.97 Å². The Bertz CT molecular complexity index is 661. The molecule has 2 nitrogen and oxygen atoms in total. The van der Waals surface area contributed by atoms with Crippen molar-refractivity contribution in [2.75, 3.05) is 6.61 Å². The first-order chi connectivity index (χ1) is 14.3. The number of ether oxygens (including phenoxy) is 1. The number of unbranched alkanes of at least 4 members (excludes halogenated alkanes) is 11. The third-order valence-corrected chi connectivity index (χ3v) is 5.46. The zero-order valence-electron chi connectivity index (χ0n) is 18.2. The van der Waals surface area contributed by atoms with Gasteiger partial charge in [0.15, 0.2) is 0 Å². The molecule has 2 aromatic rings. The SMILES string of the molecule is CCCCCCCCCCCCCCOC(=O)c1ccc(-c2ccccc2)cc1. The van der Waals surface area contributed by atoms with Gasteiger partial charge in [0.05, 0.1) is 12.2 Å². The summed E-state index contributed by atoms with van der Waals surface area (Å²) in [5, 5.41) is 0. The van der Waals surface area contributed by atoms with Crippen LogP contribution in [0, 0.1) is 0 Å². The minimum atomic E-state index is -0.215. The molecule has 0 aliphatic carbocycles. The van der Waals surface area contributed by atoms with E-state index in [1.165, 1.54) is 64.2 Å². The van der Waals surface area contributed by atoms with Gasteiger partial charge in [-0.2, -0.15) is 0 Å². The summed E-state index contributed by atoms with van der Waals surface area (Å²) < 4.78 is 5.43. The van der Waals surface area contributed by atoms with E-state index in [4.69, 9.17) is 4.74 Å². The molecule has 158 valence electrons. The Morgan fingerprint density at radius 2 is 1.10 bits per heavy atom. The molecule has 0 spiro atoms. The van der Waals surface area contributed by atoms with Gasteiger partial charge in [-0.05, 0) is 29.7 Å². The number of hydrogen-bond donors (Lipinski definition) is 0. The highest BCUT2D eigenvalue weighted by atomic mass is 16.5. The first-order valence-electron chi connectivity index (χ1n) is 11.6. The van der Waals surface area contributed by atoms with Gasteiger partial charge in [0, 0.05) is 0 Å². The minimum Gasteiger partial charge on any atom is -0.462 e. The van der Waals surface area contributed by atoms with Crippen LogP contribution in [-0.4, -0.2) is 12.6 Å². The largest absolute Gasteiger partial charge is 0.462 e. The lowest BCUT2D eigenvalue weighted by atomic mass is 10.0. The van der Waals surface area contributed by atoms with Crippen LogP contribution >= 0.6 is 0 Å². The van der Waals surface area contributed by atoms with Gasteiger partial charge in [-0.25, -0.2) is 4.79 Å². The second-order valence-electron chi connectivity index (χ2n) is 7.97. The predicted molar refractivity (Wildman–Crippen MR) is 123 cm³/mol. The molecule has 2 aromatic carbocycles. The van der Waals surface area contributed by atoms with Gasteiger partial charge in [-0.1, -0.05) is 120 Å². The molecule has 0 aliphatic heterocycles. The summed E-state index contributed by atoms with van der Waals surface area (Å²) in [4.78, 5) is 12.2. The molecule has 0 bridgehead atoms. The quantitative estimate of drug-likeness (QED) is 0.225. The van der Waals surface area contributed by atoms with Crippen molar-refractivity contribution >= 4 is 5.97 Å². The molecule has 2 heteroatoms. The molecule has 0 saturated heterocycles. The number of carbonyl (C=O) groups excluding carboxylic acids is 1. The summed E-state index contributed by atoms with van der Waals surface area (Å²) in [5.74, 6) is -0.215. The van der Waals surface area contributed by atoms with Crippen LogP contribution in [0.4, 0.5) is 0 Å². The molecule has 0 heterocycles. The summed E-state index contributed by atoms with van der Waals surface area (Å²) in [5.41, 5.74) is 2.90. The highest BCUT2D eigenvalue weighted by Crippen LogP contribution is 2.19. The van der Waals surface area contributed by atoms with Crippen molar-refractivity contribution in [1.82, 2.24) is 0 Å². The second kappa shape index (κ2) is 14.8. The fourth-order valence-corrected chi connectivity index (χ4v) is 3.62. The molecule has 0 amide bonds.